The molecule has 1 heterocycles. The van der Waals surface area contributed by atoms with Gasteiger partial charge in [0.2, 0.25) is 0 Å². The number of halogens is 1. The number of hydrogen-bond acceptors (Lipinski definition) is 3. The van der Waals surface area contributed by atoms with Gasteiger partial charge in [-0.25, -0.2) is 0 Å². The number of hydrogen-bond donors (Lipinski definition) is 1. The summed E-state index contributed by atoms with van der Waals surface area (Å²) >= 11 is 2.17. The first-order valence-electron chi connectivity index (χ1n) is 10.4. The van der Waals surface area contributed by atoms with E-state index in [9.17, 15) is 5.11 Å². The summed E-state index contributed by atoms with van der Waals surface area (Å²) in [5.74, 6) is 2.29. The topological polar surface area (TPSA) is 38.7 Å². The molecule has 0 unspecified atom stereocenters. The first kappa shape index (κ1) is 19.4. The number of benzene rings is 5. The maximum Gasteiger partial charge on any atom is 0.171 e. The normalized spacial score (nSPS) is 12.9. The minimum Gasteiger partial charge on any atom is -0.504 e. The van der Waals surface area contributed by atoms with Gasteiger partial charge < -0.3 is 14.6 Å². The molecule has 0 aliphatic carbocycles. The van der Waals surface area contributed by atoms with Crippen LogP contribution in [0, 0.1) is 3.57 Å². The molecule has 0 saturated carbocycles. The summed E-state index contributed by atoms with van der Waals surface area (Å²) in [7, 11) is 1.59. The molecule has 5 aromatic carbocycles. The lowest BCUT2D eigenvalue weighted by Crippen LogP contribution is -2.13. The Kier molecular flexibility index (Phi) is 4.50. The Morgan fingerprint density at radius 1 is 0.781 bits per heavy atom. The molecule has 0 amide bonds. The van der Waals surface area contributed by atoms with Crippen molar-refractivity contribution >= 4 is 44.1 Å². The van der Waals surface area contributed by atoms with Gasteiger partial charge in [-0.05, 0) is 74.0 Å². The van der Waals surface area contributed by atoms with Crippen molar-refractivity contribution in [2.45, 2.75) is 5.92 Å². The second-order valence-electron chi connectivity index (χ2n) is 7.99. The van der Waals surface area contributed by atoms with E-state index < -0.39 is 0 Å². The van der Waals surface area contributed by atoms with Gasteiger partial charge >= 0.3 is 0 Å². The van der Waals surface area contributed by atoms with Crippen LogP contribution < -0.4 is 9.47 Å². The van der Waals surface area contributed by atoms with Gasteiger partial charge in [0, 0.05) is 17.0 Å². The van der Waals surface area contributed by atoms with E-state index in [4.69, 9.17) is 9.47 Å². The zero-order chi connectivity index (χ0) is 21.8. The number of methoxy groups -OCH3 is 1. The Balaban J connectivity index is 1.76. The first-order chi connectivity index (χ1) is 15.7. The van der Waals surface area contributed by atoms with Crippen molar-refractivity contribution < 1.29 is 14.6 Å². The molecule has 0 aromatic heterocycles. The van der Waals surface area contributed by atoms with Gasteiger partial charge in [0.15, 0.2) is 11.5 Å². The number of aromatic hydroxyl groups is 1. The van der Waals surface area contributed by atoms with Gasteiger partial charge in [-0.15, -0.1) is 0 Å². The molecule has 6 rings (SSSR count). The highest BCUT2D eigenvalue weighted by atomic mass is 127. The Morgan fingerprint density at radius 2 is 1.34 bits per heavy atom. The molecule has 0 spiro atoms. The third kappa shape index (κ3) is 2.86. The first-order valence-corrected chi connectivity index (χ1v) is 11.5. The van der Waals surface area contributed by atoms with Crippen molar-refractivity contribution in [3.05, 3.63) is 105 Å². The summed E-state index contributed by atoms with van der Waals surface area (Å²) < 4.78 is 12.8. The number of ether oxygens (including phenoxy) is 2. The quantitative estimate of drug-likeness (QED) is 0.235. The molecule has 32 heavy (non-hydrogen) atoms. The Hall–Kier alpha value is -3.25. The molecular formula is C28H19IO3. The van der Waals surface area contributed by atoms with Crippen LogP contribution in [0.1, 0.15) is 22.6 Å². The molecular weight excluding hydrogens is 511 g/mol. The number of phenolic OH excluding ortho intramolecular Hbond substituents is 1. The minimum atomic E-state index is -0.0750. The Bertz CT molecular complexity index is 1440. The molecule has 5 aromatic rings. The van der Waals surface area contributed by atoms with Crippen molar-refractivity contribution in [1.82, 2.24) is 0 Å². The van der Waals surface area contributed by atoms with E-state index in [2.05, 4.69) is 95.4 Å². The monoisotopic (exact) mass is 530 g/mol. The Morgan fingerprint density at radius 3 is 1.91 bits per heavy atom. The van der Waals surface area contributed by atoms with Crippen LogP contribution in [0.3, 0.4) is 0 Å². The highest BCUT2D eigenvalue weighted by Gasteiger charge is 2.33. The van der Waals surface area contributed by atoms with Crippen LogP contribution in [0.2, 0.25) is 0 Å². The van der Waals surface area contributed by atoms with Crippen molar-refractivity contribution in [2.75, 3.05) is 7.11 Å². The summed E-state index contributed by atoms with van der Waals surface area (Å²) in [6.45, 7) is 0. The SMILES string of the molecule is COc1cc(C2c3c(ccc4ccccc34)Oc3ccc4ccccc4c32)cc(I)c1O. The highest BCUT2D eigenvalue weighted by Crippen LogP contribution is 2.53. The largest absolute Gasteiger partial charge is 0.504 e. The number of phenols is 1. The maximum absolute atomic E-state index is 10.5. The van der Waals surface area contributed by atoms with Gasteiger partial charge in [0.25, 0.3) is 0 Å². The maximum atomic E-state index is 10.5. The fourth-order valence-electron chi connectivity index (χ4n) is 4.84. The molecule has 1 N–H and O–H groups in total. The van der Waals surface area contributed by atoms with Crippen LogP contribution >= 0.6 is 22.6 Å². The van der Waals surface area contributed by atoms with E-state index in [0.29, 0.717) is 5.75 Å². The second-order valence-corrected chi connectivity index (χ2v) is 9.15. The molecule has 0 saturated heterocycles. The average Bonchev–Trinajstić information content (AvgIpc) is 2.84. The zero-order valence-corrected chi connectivity index (χ0v) is 19.5. The number of rotatable bonds is 2. The average molecular weight is 530 g/mol. The summed E-state index contributed by atoms with van der Waals surface area (Å²) in [5.41, 5.74) is 3.33. The molecule has 156 valence electrons. The smallest absolute Gasteiger partial charge is 0.171 e. The molecule has 4 heteroatoms. The second kappa shape index (κ2) is 7.41. The van der Waals surface area contributed by atoms with Crippen molar-refractivity contribution in [3.8, 4) is 23.0 Å². The van der Waals surface area contributed by atoms with E-state index in [1.807, 2.05) is 12.1 Å². The van der Waals surface area contributed by atoms with Crippen LogP contribution in [-0.4, -0.2) is 12.2 Å². The van der Waals surface area contributed by atoms with Gasteiger partial charge in [-0.2, -0.15) is 0 Å². The molecule has 0 bridgehead atoms. The van der Waals surface area contributed by atoms with Gasteiger partial charge in [0.05, 0.1) is 10.7 Å². The van der Waals surface area contributed by atoms with Gasteiger partial charge in [0.1, 0.15) is 11.5 Å². The van der Waals surface area contributed by atoms with Crippen LogP contribution in [0.25, 0.3) is 21.5 Å². The predicted octanol–water partition coefficient (Wildman–Crippen LogP) is 7.60. The molecule has 0 fully saturated rings. The third-order valence-electron chi connectivity index (χ3n) is 6.26. The molecule has 1 aliphatic rings. The Labute approximate surface area is 199 Å². The lowest BCUT2D eigenvalue weighted by atomic mass is 9.78. The standard InChI is InChI=1S/C28H19IO3/c1-31-24-15-18(14-21(29)28(24)30)25-26-19-8-4-2-6-16(19)10-12-22(26)32-23-13-11-17-7-3-5-9-20(17)27(23)25/h2-15,25,30H,1H3. The van der Waals surface area contributed by atoms with E-state index in [1.165, 1.54) is 10.8 Å². The molecule has 0 atom stereocenters. The zero-order valence-electron chi connectivity index (χ0n) is 17.3. The van der Waals surface area contributed by atoms with Crippen LogP contribution in [-0.2, 0) is 0 Å². The van der Waals surface area contributed by atoms with E-state index in [0.717, 1.165) is 42.5 Å². The lowest BCUT2D eigenvalue weighted by Gasteiger charge is -2.31. The van der Waals surface area contributed by atoms with E-state index in [-0.39, 0.29) is 11.7 Å². The van der Waals surface area contributed by atoms with Crippen molar-refractivity contribution in [3.63, 3.8) is 0 Å². The van der Waals surface area contributed by atoms with E-state index >= 15 is 0 Å². The summed E-state index contributed by atoms with van der Waals surface area (Å²) in [6, 6.07) is 29.2. The third-order valence-corrected chi connectivity index (χ3v) is 7.08. The molecule has 0 radical (unpaired) electrons. The van der Waals surface area contributed by atoms with Crippen molar-refractivity contribution in [1.29, 1.82) is 0 Å². The van der Waals surface area contributed by atoms with Crippen LogP contribution in [0.4, 0.5) is 0 Å². The highest BCUT2D eigenvalue weighted by molar-refractivity contribution is 14.1. The molecule has 1 aliphatic heterocycles. The number of fused-ring (bicyclic) bond motifs is 6. The summed E-state index contributed by atoms with van der Waals surface area (Å²) in [5, 5.41) is 15.2. The fraction of sp³-hybridized carbons (Fsp3) is 0.0714. The summed E-state index contributed by atoms with van der Waals surface area (Å²) in [6.07, 6.45) is 0. The van der Waals surface area contributed by atoms with Crippen molar-refractivity contribution in [2.24, 2.45) is 0 Å². The van der Waals surface area contributed by atoms with Crippen LogP contribution in [0.5, 0.6) is 23.0 Å². The predicted molar refractivity (Wildman–Crippen MR) is 136 cm³/mol. The van der Waals surface area contributed by atoms with Gasteiger partial charge in [-0.3, -0.25) is 0 Å². The lowest BCUT2D eigenvalue weighted by molar-refractivity contribution is 0.371. The molecule has 3 nitrogen and oxygen atoms in total. The minimum absolute atomic E-state index is 0.0750. The fourth-order valence-corrected chi connectivity index (χ4v) is 5.46. The van der Waals surface area contributed by atoms with Crippen LogP contribution in [0.15, 0.2) is 84.9 Å². The van der Waals surface area contributed by atoms with Gasteiger partial charge in [-0.1, -0.05) is 60.7 Å². The van der Waals surface area contributed by atoms with E-state index in [1.54, 1.807) is 7.11 Å². The summed E-state index contributed by atoms with van der Waals surface area (Å²) in [4.78, 5) is 0.